The van der Waals surface area contributed by atoms with Crippen molar-refractivity contribution < 1.29 is 19.4 Å². The maximum Gasteiger partial charge on any atom is 0.329 e. The maximum atomic E-state index is 11.7. The second kappa shape index (κ2) is 7.76. The number of hydrogen-bond acceptors (Lipinski definition) is 5. The zero-order chi connectivity index (χ0) is 17.6. The number of hydrogen-bond donors (Lipinski definition) is 3. The minimum absolute atomic E-state index is 0.0344. The van der Waals surface area contributed by atoms with Crippen molar-refractivity contribution in [2.45, 2.75) is 18.9 Å². The monoisotopic (exact) mass is 341 g/mol. The summed E-state index contributed by atoms with van der Waals surface area (Å²) in [4.78, 5) is 23.5. The van der Waals surface area contributed by atoms with E-state index in [2.05, 4.69) is 15.8 Å². The highest BCUT2D eigenvalue weighted by molar-refractivity contribution is 6.35. The molecule has 0 bridgehead atoms. The summed E-state index contributed by atoms with van der Waals surface area (Å²) in [6, 6.07) is 10.8. The van der Waals surface area contributed by atoms with Gasteiger partial charge in [0.2, 0.25) is 0 Å². The predicted octanol–water partition coefficient (Wildman–Crippen LogP) is 1.29. The average molecular weight is 341 g/mol. The van der Waals surface area contributed by atoms with Crippen LogP contribution in [0.2, 0.25) is 0 Å². The van der Waals surface area contributed by atoms with Crippen molar-refractivity contribution in [2.24, 2.45) is 5.10 Å². The molecule has 7 nitrogen and oxygen atoms in total. The van der Waals surface area contributed by atoms with Gasteiger partial charge in [-0.05, 0) is 29.7 Å². The van der Waals surface area contributed by atoms with Gasteiger partial charge in [-0.15, -0.1) is 0 Å². The number of ether oxygens (including phenoxy) is 1. The molecule has 2 amide bonds. The lowest BCUT2D eigenvalue weighted by molar-refractivity contribution is -0.139. The average Bonchev–Trinajstić information content (AvgIpc) is 3.15. The smallest absolute Gasteiger partial charge is 0.329 e. The molecule has 0 aromatic heterocycles. The second-order valence-corrected chi connectivity index (χ2v) is 5.76. The quantitative estimate of drug-likeness (QED) is 0.443. The minimum Gasteiger partial charge on any atom is -0.507 e. The second-order valence-electron chi connectivity index (χ2n) is 5.76. The molecule has 2 aromatic carbocycles. The van der Waals surface area contributed by atoms with Crippen LogP contribution >= 0.6 is 0 Å². The van der Waals surface area contributed by atoms with Gasteiger partial charge in [0.05, 0.1) is 12.3 Å². The van der Waals surface area contributed by atoms with Gasteiger partial charge < -0.3 is 15.2 Å². The first-order valence-electron chi connectivity index (χ1n) is 8.08. The van der Waals surface area contributed by atoms with E-state index < -0.39 is 11.8 Å². The fourth-order valence-electron chi connectivity index (χ4n) is 2.72. The van der Waals surface area contributed by atoms with E-state index in [1.165, 1.54) is 6.21 Å². The molecule has 3 rings (SSSR count). The zero-order valence-corrected chi connectivity index (χ0v) is 13.6. The summed E-state index contributed by atoms with van der Waals surface area (Å²) in [6.07, 6.45) is 3.13. The lowest BCUT2D eigenvalue weighted by atomic mass is 10.0. The van der Waals surface area contributed by atoms with Crippen molar-refractivity contribution in [1.82, 2.24) is 10.7 Å². The third-order valence-electron chi connectivity index (χ3n) is 4.03. The molecule has 25 heavy (non-hydrogen) atoms. The molecule has 2 aromatic rings. The van der Waals surface area contributed by atoms with Crippen LogP contribution in [0.25, 0.3) is 10.8 Å². The van der Waals surface area contributed by atoms with Gasteiger partial charge in [0.1, 0.15) is 5.75 Å². The molecule has 0 aliphatic carbocycles. The van der Waals surface area contributed by atoms with Gasteiger partial charge in [-0.2, -0.15) is 5.10 Å². The van der Waals surface area contributed by atoms with Gasteiger partial charge in [0, 0.05) is 18.7 Å². The number of aromatic hydroxyl groups is 1. The molecule has 1 fully saturated rings. The van der Waals surface area contributed by atoms with E-state index in [1.807, 2.05) is 24.3 Å². The van der Waals surface area contributed by atoms with Gasteiger partial charge in [-0.3, -0.25) is 9.59 Å². The standard InChI is InChI=1S/C18H19N3O4/c22-16-8-7-12-4-1-2-6-14(12)15(16)11-20-21-18(24)17(23)19-10-13-5-3-9-25-13/h1-2,4,6-8,11,13,22H,3,5,9-10H2,(H,19,23)(H,21,24)/b20-11-/t13-/m1/s1. The molecular weight excluding hydrogens is 322 g/mol. The Bertz CT molecular complexity index is 813. The molecule has 0 radical (unpaired) electrons. The van der Waals surface area contributed by atoms with Crippen molar-refractivity contribution in [1.29, 1.82) is 0 Å². The first-order valence-corrected chi connectivity index (χ1v) is 8.08. The number of fused-ring (bicyclic) bond motifs is 1. The summed E-state index contributed by atoms with van der Waals surface area (Å²) in [7, 11) is 0. The topological polar surface area (TPSA) is 100 Å². The van der Waals surface area contributed by atoms with Crippen molar-refractivity contribution in [3.05, 3.63) is 42.0 Å². The fourth-order valence-corrected chi connectivity index (χ4v) is 2.72. The first kappa shape index (κ1) is 16.9. The number of amides is 2. The number of rotatable bonds is 4. The molecule has 0 spiro atoms. The number of benzene rings is 2. The highest BCUT2D eigenvalue weighted by atomic mass is 16.5. The fraction of sp³-hybridized carbons (Fsp3) is 0.278. The van der Waals surface area contributed by atoms with E-state index in [0.717, 1.165) is 23.6 Å². The molecule has 1 aliphatic rings. The van der Waals surface area contributed by atoms with Gasteiger partial charge in [-0.25, -0.2) is 5.43 Å². The van der Waals surface area contributed by atoms with Crippen molar-refractivity contribution >= 4 is 28.8 Å². The van der Waals surface area contributed by atoms with Gasteiger partial charge in [-0.1, -0.05) is 30.3 Å². The van der Waals surface area contributed by atoms with Crippen molar-refractivity contribution in [3.8, 4) is 5.75 Å². The molecular formula is C18H19N3O4. The van der Waals surface area contributed by atoms with Crippen LogP contribution in [0, 0.1) is 0 Å². The number of nitrogens with one attached hydrogen (secondary N) is 2. The van der Waals surface area contributed by atoms with Gasteiger partial charge in [0.15, 0.2) is 0 Å². The van der Waals surface area contributed by atoms with E-state index >= 15 is 0 Å². The summed E-state index contributed by atoms with van der Waals surface area (Å²) in [5.74, 6) is -1.59. The minimum atomic E-state index is -0.867. The van der Waals surface area contributed by atoms with Gasteiger partial charge >= 0.3 is 11.8 Å². The van der Waals surface area contributed by atoms with Crippen LogP contribution in [0.4, 0.5) is 0 Å². The van der Waals surface area contributed by atoms with E-state index in [1.54, 1.807) is 12.1 Å². The Hall–Kier alpha value is -2.93. The summed E-state index contributed by atoms with van der Waals surface area (Å²) < 4.78 is 5.37. The number of carbonyl (C=O) groups is 2. The number of phenolic OH excluding ortho intramolecular Hbond substituents is 1. The lowest BCUT2D eigenvalue weighted by Gasteiger charge is -2.09. The Labute approximate surface area is 144 Å². The lowest BCUT2D eigenvalue weighted by Crippen LogP contribution is -2.41. The molecule has 130 valence electrons. The molecule has 0 saturated carbocycles. The van der Waals surface area contributed by atoms with Crippen LogP contribution in [0.3, 0.4) is 0 Å². The van der Waals surface area contributed by atoms with Crippen LogP contribution in [0.5, 0.6) is 5.75 Å². The molecule has 1 heterocycles. The number of carbonyl (C=O) groups excluding carboxylic acids is 2. The predicted molar refractivity (Wildman–Crippen MR) is 93.3 cm³/mol. The highest BCUT2D eigenvalue weighted by Gasteiger charge is 2.19. The van der Waals surface area contributed by atoms with Crippen LogP contribution < -0.4 is 10.7 Å². The number of phenols is 1. The van der Waals surface area contributed by atoms with E-state index in [-0.39, 0.29) is 11.9 Å². The third kappa shape index (κ3) is 4.13. The molecule has 1 atom stereocenters. The number of hydrazone groups is 1. The first-order chi connectivity index (χ1) is 12.1. The summed E-state index contributed by atoms with van der Waals surface area (Å²) in [6.45, 7) is 0.992. The Morgan fingerprint density at radius 1 is 1.24 bits per heavy atom. The normalized spacial score (nSPS) is 17.0. The van der Waals surface area contributed by atoms with Crippen LogP contribution in [0.15, 0.2) is 41.5 Å². The Morgan fingerprint density at radius 2 is 2.08 bits per heavy atom. The SMILES string of the molecule is O=C(NC[C@H]1CCCO1)C(=O)N/N=C\c1c(O)ccc2ccccc12. The van der Waals surface area contributed by atoms with Crippen LogP contribution in [-0.2, 0) is 14.3 Å². The van der Waals surface area contributed by atoms with Crippen molar-refractivity contribution in [2.75, 3.05) is 13.2 Å². The van der Waals surface area contributed by atoms with E-state index in [0.29, 0.717) is 18.7 Å². The summed E-state index contributed by atoms with van der Waals surface area (Å²) >= 11 is 0. The summed E-state index contributed by atoms with van der Waals surface area (Å²) in [5, 5.41) is 18.0. The van der Waals surface area contributed by atoms with Crippen molar-refractivity contribution in [3.63, 3.8) is 0 Å². The Morgan fingerprint density at radius 3 is 2.88 bits per heavy atom. The molecule has 1 aliphatic heterocycles. The molecule has 1 saturated heterocycles. The van der Waals surface area contributed by atoms with E-state index in [9.17, 15) is 14.7 Å². The van der Waals surface area contributed by atoms with E-state index in [4.69, 9.17) is 4.74 Å². The molecule has 0 unspecified atom stereocenters. The summed E-state index contributed by atoms with van der Waals surface area (Å²) in [5.41, 5.74) is 2.64. The number of nitrogens with zero attached hydrogens (tertiary/aromatic N) is 1. The van der Waals surface area contributed by atoms with Crippen LogP contribution in [-0.4, -0.2) is 42.4 Å². The Kier molecular flexibility index (Phi) is 5.25. The molecule has 3 N–H and O–H groups in total. The zero-order valence-electron chi connectivity index (χ0n) is 13.6. The largest absolute Gasteiger partial charge is 0.507 e. The molecule has 7 heteroatoms. The van der Waals surface area contributed by atoms with Crippen LogP contribution in [0.1, 0.15) is 18.4 Å². The highest BCUT2D eigenvalue weighted by Crippen LogP contribution is 2.25. The Balaban J connectivity index is 1.60. The third-order valence-corrected chi connectivity index (χ3v) is 4.03. The maximum absolute atomic E-state index is 11.7. The van der Waals surface area contributed by atoms with Gasteiger partial charge in [0.25, 0.3) is 0 Å².